The fourth-order valence-electron chi connectivity index (χ4n) is 1.31. The van der Waals surface area contributed by atoms with E-state index in [1.807, 2.05) is 0 Å². The molecule has 0 radical (unpaired) electrons. The minimum atomic E-state index is 0. The fourth-order valence-corrected chi connectivity index (χ4v) is 1.31. The van der Waals surface area contributed by atoms with Crippen molar-refractivity contribution < 1.29 is 17.7 Å². The van der Waals surface area contributed by atoms with Crippen LogP contribution < -0.4 is 17.7 Å². The summed E-state index contributed by atoms with van der Waals surface area (Å²) in [7, 11) is 2.15. The van der Waals surface area contributed by atoms with E-state index in [1.54, 1.807) is 0 Å². The lowest BCUT2D eigenvalue weighted by molar-refractivity contribution is -0.627. The molecule has 0 aromatic carbocycles. The predicted octanol–water partition coefficient (Wildman–Crippen LogP) is -1.07. The molecule has 0 atom stereocenters. The van der Waals surface area contributed by atoms with Crippen LogP contribution in [-0.2, 0) is 0 Å². The second kappa shape index (κ2) is 13.8. The Hall–Kier alpha value is 0.250. The highest BCUT2D eigenvalue weighted by molar-refractivity contribution is 4.43. The summed E-state index contributed by atoms with van der Waals surface area (Å²) in [6.45, 7) is 3.58. The van der Waals surface area contributed by atoms with E-state index in [4.69, 9.17) is 0 Å². The molecule has 0 spiro atoms. The van der Waals surface area contributed by atoms with Gasteiger partial charge in [-0.2, -0.15) is 0 Å². The lowest BCUT2D eigenvalue weighted by Crippen LogP contribution is -3.00. The topological polar surface area (TPSA) is 16.6 Å². The maximum absolute atomic E-state index is 2.27. The van der Waals surface area contributed by atoms with Gasteiger partial charge in [0, 0.05) is 0 Å². The third kappa shape index (κ3) is 12.9. The number of unbranched alkanes of at least 4 members (excludes halogenated alkanes) is 6. The normalized spacial score (nSPS) is 9.50. The molecule has 0 aromatic rings. The average Bonchev–Trinajstić information content (AvgIpc) is 2.03. The van der Waals surface area contributed by atoms with E-state index >= 15 is 0 Å². The van der Waals surface area contributed by atoms with Gasteiger partial charge >= 0.3 is 0 Å². The molecule has 0 amide bonds. The highest BCUT2D eigenvalue weighted by atomic mass is 35.5. The van der Waals surface area contributed by atoms with Crippen molar-refractivity contribution in [2.24, 2.45) is 0 Å². The first-order valence-electron chi connectivity index (χ1n) is 5.19. The highest BCUT2D eigenvalue weighted by Gasteiger charge is 1.89. The monoisotopic (exact) mass is 193 g/mol. The smallest absolute Gasteiger partial charge is 0.0753 e. The summed E-state index contributed by atoms with van der Waals surface area (Å²) in [4.78, 5) is 0. The van der Waals surface area contributed by atoms with E-state index < -0.39 is 0 Å². The number of hydrogen-bond donors (Lipinski definition) is 1. The zero-order chi connectivity index (χ0) is 8.36. The summed E-state index contributed by atoms with van der Waals surface area (Å²) >= 11 is 0. The van der Waals surface area contributed by atoms with Gasteiger partial charge in [0.15, 0.2) is 0 Å². The Morgan fingerprint density at radius 1 is 0.833 bits per heavy atom. The van der Waals surface area contributed by atoms with Gasteiger partial charge in [-0.25, -0.2) is 0 Å². The summed E-state index contributed by atoms with van der Waals surface area (Å²) < 4.78 is 0. The Balaban J connectivity index is 0. The van der Waals surface area contributed by atoms with E-state index in [1.165, 1.54) is 51.5 Å². The van der Waals surface area contributed by atoms with Crippen LogP contribution in [0.3, 0.4) is 0 Å². The zero-order valence-electron chi connectivity index (χ0n) is 8.61. The maximum Gasteiger partial charge on any atom is 0.0753 e. The molecular weight excluding hydrogens is 170 g/mol. The fraction of sp³-hybridized carbons (Fsp3) is 1.00. The molecule has 0 aliphatic heterocycles. The van der Waals surface area contributed by atoms with Crippen molar-refractivity contribution in [2.75, 3.05) is 13.6 Å². The summed E-state index contributed by atoms with van der Waals surface area (Å²) in [5.41, 5.74) is 0. The summed E-state index contributed by atoms with van der Waals surface area (Å²) in [6.07, 6.45) is 10.00. The molecule has 0 saturated carbocycles. The largest absolute Gasteiger partial charge is 1.00 e. The third-order valence-electron chi connectivity index (χ3n) is 2.10. The van der Waals surface area contributed by atoms with Gasteiger partial charge in [0.2, 0.25) is 0 Å². The van der Waals surface area contributed by atoms with Gasteiger partial charge in [-0.1, -0.05) is 39.0 Å². The Kier molecular flexibility index (Phi) is 17.0. The Labute approximate surface area is 83.7 Å². The average molecular weight is 194 g/mol. The molecule has 0 aromatic heterocycles. The van der Waals surface area contributed by atoms with Gasteiger partial charge in [0.1, 0.15) is 0 Å². The van der Waals surface area contributed by atoms with E-state index in [2.05, 4.69) is 19.3 Å². The highest BCUT2D eigenvalue weighted by Crippen LogP contribution is 2.05. The Bertz CT molecular complexity index is 58.9. The number of quaternary nitrogens is 1. The minimum absolute atomic E-state index is 0. The van der Waals surface area contributed by atoms with E-state index in [-0.39, 0.29) is 12.4 Å². The van der Waals surface area contributed by atoms with Crippen LogP contribution in [0.4, 0.5) is 0 Å². The molecule has 0 saturated heterocycles. The number of halogens is 1. The summed E-state index contributed by atoms with van der Waals surface area (Å²) in [6, 6.07) is 0. The van der Waals surface area contributed by atoms with Gasteiger partial charge < -0.3 is 17.7 Å². The van der Waals surface area contributed by atoms with Crippen molar-refractivity contribution in [3.8, 4) is 0 Å². The van der Waals surface area contributed by atoms with Crippen molar-refractivity contribution in [1.29, 1.82) is 0 Å². The van der Waals surface area contributed by atoms with Gasteiger partial charge in [-0.05, 0) is 12.8 Å². The van der Waals surface area contributed by atoms with Crippen LogP contribution in [0.15, 0.2) is 0 Å². The van der Waals surface area contributed by atoms with Crippen LogP contribution in [0, 0.1) is 0 Å². The summed E-state index contributed by atoms with van der Waals surface area (Å²) in [5, 5.41) is 2.27. The first kappa shape index (κ1) is 14.8. The van der Waals surface area contributed by atoms with Crippen molar-refractivity contribution in [1.82, 2.24) is 0 Å². The summed E-state index contributed by atoms with van der Waals surface area (Å²) in [5.74, 6) is 0. The van der Waals surface area contributed by atoms with Crippen molar-refractivity contribution in [3.63, 3.8) is 0 Å². The van der Waals surface area contributed by atoms with Crippen LogP contribution in [-0.4, -0.2) is 13.6 Å². The van der Waals surface area contributed by atoms with Crippen molar-refractivity contribution >= 4 is 0 Å². The number of rotatable bonds is 8. The second-order valence-electron chi connectivity index (χ2n) is 3.32. The minimum Gasteiger partial charge on any atom is -1.00 e. The Morgan fingerprint density at radius 2 is 1.33 bits per heavy atom. The molecule has 0 bridgehead atoms. The lowest BCUT2D eigenvalue weighted by atomic mass is 10.1. The number of nitrogens with two attached hydrogens (primary N) is 1. The molecule has 0 aliphatic rings. The molecule has 0 rings (SSSR count). The Morgan fingerprint density at radius 3 is 1.83 bits per heavy atom. The maximum atomic E-state index is 2.27. The van der Waals surface area contributed by atoms with Crippen molar-refractivity contribution in [2.45, 2.75) is 51.9 Å². The van der Waals surface area contributed by atoms with Gasteiger partial charge in [0.05, 0.1) is 13.6 Å². The molecule has 2 heteroatoms. The van der Waals surface area contributed by atoms with E-state index in [0.717, 1.165) is 0 Å². The molecule has 0 aliphatic carbocycles. The van der Waals surface area contributed by atoms with E-state index in [0.29, 0.717) is 0 Å². The molecule has 0 fully saturated rings. The SMILES string of the molecule is CCCCCCCCC[NH2+]C.[Cl-]. The predicted molar refractivity (Wildman–Crippen MR) is 50.7 cm³/mol. The molecule has 0 unspecified atom stereocenters. The van der Waals surface area contributed by atoms with Crippen LogP contribution in [0.5, 0.6) is 0 Å². The zero-order valence-corrected chi connectivity index (χ0v) is 9.37. The standard InChI is InChI=1S/C10H23N.ClH/c1-3-4-5-6-7-8-9-10-11-2;/h11H,3-10H2,1-2H3;1H. The lowest BCUT2D eigenvalue weighted by Gasteiger charge is -1.98. The van der Waals surface area contributed by atoms with Crippen LogP contribution in [0.25, 0.3) is 0 Å². The molecule has 0 heterocycles. The van der Waals surface area contributed by atoms with Crippen LogP contribution in [0.1, 0.15) is 51.9 Å². The molecule has 12 heavy (non-hydrogen) atoms. The van der Waals surface area contributed by atoms with Crippen LogP contribution >= 0.6 is 0 Å². The molecule has 76 valence electrons. The van der Waals surface area contributed by atoms with Gasteiger partial charge in [0.25, 0.3) is 0 Å². The second-order valence-corrected chi connectivity index (χ2v) is 3.32. The molecule has 2 N–H and O–H groups in total. The first-order valence-corrected chi connectivity index (χ1v) is 5.19. The first-order chi connectivity index (χ1) is 5.41. The molecular formula is C10H24ClN. The third-order valence-corrected chi connectivity index (χ3v) is 2.10. The molecule has 1 nitrogen and oxygen atoms in total. The van der Waals surface area contributed by atoms with Crippen LogP contribution in [0.2, 0.25) is 0 Å². The quantitative estimate of drug-likeness (QED) is 0.474. The van der Waals surface area contributed by atoms with E-state index in [9.17, 15) is 0 Å². The number of hydrogen-bond acceptors (Lipinski definition) is 0. The van der Waals surface area contributed by atoms with Gasteiger partial charge in [-0.15, -0.1) is 0 Å². The van der Waals surface area contributed by atoms with Gasteiger partial charge in [-0.3, -0.25) is 0 Å². The van der Waals surface area contributed by atoms with Crippen molar-refractivity contribution in [3.05, 3.63) is 0 Å².